The number of aromatic nitrogens is 4. The Bertz CT molecular complexity index is 1150. The maximum Gasteiger partial charge on any atom is 0.340 e. The molecular formula is C20H16Cl2N4O5. The van der Waals surface area contributed by atoms with Crippen molar-refractivity contribution in [3.8, 4) is 0 Å². The summed E-state index contributed by atoms with van der Waals surface area (Å²) in [6.45, 7) is 5.04. The van der Waals surface area contributed by atoms with Crippen LogP contribution >= 0.6 is 23.2 Å². The zero-order valence-corrected chi connectivity index (χ0v) is 17.7. The first-order chi connectivity index (χ1) is 14.9. The molecule has 1 fully saturated rings. The Morgan fingerprint density at radius 1 is 1.19 bits per heavy atom. The molecule has 0 N–H and O–H groups in total. The maximum absolute atomic E-state index is 12.6. The summed E-state index contributed by atoms with van der Waals surface area (Å²) in [7, 11) is 0. The van der Waals surface area contributed by atoms with Gasteiger partial charge in [0.1, 0.15) is 5.15 Å². The van der Waals surface area contributed by atoms with Crippen LogP contribution in [0, 0.1) is 5.92 Å². The van der Waals surface area contributed by atoms with Crippen molar-refractivity contribution in [3.63, 3.8) is 0 Å². The van der Waals surface area contributed by atoms with E-state index in [1.807, 2.05) is 0 Å². The van der Waals surface area contributed by atoms with Crippen LogP contribution in [0.3, 0.4) is 0 Å². The number of halogens is 2. The highest BCUT2D eigenvalue weighted by Gasteiger charge is 2.49. The quantitative estimate of drug-likeness (QED) is 0.245. The van der Waals surface area contributed by atoms with Crippen molar-refractivity contribution in [2.45, 2.75) is 25.5 Å². The lowest BCUT2D eigenvalue weighted by Crippen LogP contribution is -2.31. The van der Waals surface area contributed by atoms with Gasteiger partial charge in [0.2, 0.25) is 11.6 Å². The number of hydrogen-bond acceptors (Lipinski definition) is 8. The van der Waals surface area contributed by atoms with Crippen molar-refractivity contribution in [2.75, 3.05) is 0 Å². The third-order valence-electron chi connectivity index (χ3n) is 4.68. The Morgan fingerprint density at radius 3 is 2.61 bits per heavy atom. The normalized spacial score (nSPS) is 22.9. The molecule has 0 aliphatic carbocycles. The first-order valence-electron chi connectivity index (χ1n) is 9.16. The largest absolute Gasteiger partial charge is 0.457 e. The molecule has 160 valence electrons. The number of carbonyl (C=O) groups is 2. The monoisotopic (exact) mass is 462 g/mol. The van der Waals surface area contributed by atoms with Gasteiger partial charge in [-0.1, -0.05) is 35.9 Å². The molecule has 3 aromatic rings. The highest BCUT2D eigenvalue weighted by atomic mass is 35.5. The van der Waals surface area contributed by atoms with Crippen LogP contribution in [-0.4, -0.2) is 44.1 Å². The van der Waals surface area contributed by atoms with Crippen LogP contribution in [0.25, 0.3) is 11.0 Å². The molecule has 0 spiro atoms. The van der Waals surface area contributed by atoms with E-state index in [1.165, 1.54) is 23.9 Å². The summed E-state index contributed by atoms with van der Waals surface area (Å²) in [5.74, 6) is -1.82. The van der Waals surface area contributed by atoms with Crippen molar-refractivity contribution >= 4 is 46.2 Å². The lowest BCUT2D eigenvalue weighted by molar-refractivity contribution is -0.157. The molecule has 1 saturated heterocycles. The first-order valence-corrected chi connectivity index (χ1v) is 9.92. The summed E-state index contributed by atoms with van der Waals surface area (Å²) < 4.78 is 18.4. The summed E-state index contributed by atoms with van der Waals surface area (Å²) in [5, 5.41) is 4.70. The predicted octanol–water partition coefficient (Wildman–Crippen LogP) is 3.58. The Hall–Kier alpha value is -3.01. The average Bonchev–Trinajstić information content (AvgIpc) is 3.29. The Kier molecular flexibility index (Phi) is 5.90. The van der Waals surface area contributed by atoms with Crippen LogP contribution in [0.4, 0.5) is 0 Å². The van der Waals surface area contributed by atoms with Gasteiger partial charge in [-0.3, -0.25) is 4.79 Å². The van der Waals surface area contributed by atoms with Gasteiger partial charge in [0.05, 0.1) is 23.1 Å². The van der Waals surface area contributed by atoms with Gasteiger partial charge < -0.3 is 14.2 Å². The van der Waals surface area contributed by atoms with Crippen LogP contribution in [-0.2, 0) is 19.0 Å². The number of esters is 2. The second-order valence-corrected chi connectivity index (χ2v) is 7.36. The zero-order valence-electron chi connectivity index (χ0n) is 16.1. The average molecular weight is 463 g/mol. The number of ether oxygens (including phenoxy) is 3. The summed E-state index contributed by atoms with van der Waals surface area (Å²) in [6.07, 6.45) is -0.0447. The molecule has 4 atom stereocenters. The SMILES string of the molecule is C=CC1[C@H](OC(=O)c2ccccc2)OC(n2ncc3c(Cl)nc(Cl)nc32)[C@@H]1OC(C)=O. The predicted molar refractivity (Wildman–Crippen MR) is 110 cm³/mol. The zero-order chi connectivity index (χ0) is 22.1. The van der Waals surface area contributed by atoms with Gasteiger partial charge in [-0.15, -0.1) is 6.58 Å². The van der Waals surface area contributed by atoms with E-state index in [9.17, 15) is 9.59 Å². The summed E-state index contributed by atoms with van der Waals surface area (Å²) >= 11 is 12.1. The van der Waals surface area contributed by atoms with E-state index in [2.05, 4.69) is 21.6 Å². The van der Waals surface area contributed by atoms with E-state index in [1.54, 1.807) is 30.3 Å². The molecule has 1 aromatic carbocycles. The van der Waals surface area contributed by atoms with Gasteiger partial charge in [-0.05, 0) is 23.7 Å². The van der Waals surface area contributed by atoms with Crippen LogP contribution in [0.15, 0.2) is 49.2 Å². The number of fused-ring (bicyclic) bond motifs is 1. The molecule has 11 heteroatoms. The van der Waals surface area contributed by atoms with Crippen molar-refractivity contribution < 1.29 is 23.8 Å². The molecule has 0 amide bonds. The van der Waals surface area contributed by atoms with Gasteiger partial charge in [0.25, 0.3) is 0 Å². The highest BCUT2D eigenvalue weighted by molar-refractivity contribution is 6.35. The fraction of sp³-hybridized carbons (Fsp3) is 0.250. The Morgan fingerprint density at radius 2 is 1.94 bits per heavy atom. The van der Waals surface area contributed by atoms with E-state index >= 15 is 0 Å². The van der Waals surface area contributed by atoms with Crippen LogP contribution in [0.2, 0.25) is 10.4 Å². The van der Waals surface area contributed by atoms with Gasteiger partial charge in [0, 0.05) is 6.92 Å². The van der Waals surface area contributed by atoms with E-state index in [0.717, 1.165) is 0 Å². The van der Waals surface area contributed by atoms with E-state index in [0.29, 0.717) is 10.9 Å². The molecule has 1 aliphatic rings. The molecule has 0 saturated carbocycles. The van der Waals surface area contributed by atoms with Crippen LogP contribution in [0.5, 0.6) is 0 Å². The number of rotatable bonds is 5. The van der Waals surface area contributed by atoms with E-state index in [-0.39, 0.29) is 16.1 Å². The van der Waals surface area contributed by atoms with Crippen LogP contribution < -0.4 is 0 Å². The second kappa shape index (κ2) is 8.62. The smallest absolute Gasteiger partial charge is 0.340 e. The molecule has 1 aliphatic heterocycles. The minimum absolute atomic E-state index is 0.0893. The van der Waals surface area contributed by atoms with Crippen molar-refractivity contribution in [3.05, 3.63) is 65.2 Å². The summed E-state index contributed by atoms with van der Waals surface area (Å²) in [6, 6.07) is 8.44. The molecule has 0 radical (unpaired) electrons. The maximum atomic E-state index is 12.6. The lowest BCUT2D eigenvalue weighted by Gasteiger charge is -2.21. The molecule has 9 nitrogen and oxygen atoms in total. The van der Waals surface area contributed by atoms with Crippen molar-refractivity contribution in [1.29, 1.82) is 0 Å². The molecule has 3 heterocycles. The second-order valence-electron chi connectivity index (χ2n) is 6.66. The molecule has 2 unspecified atom stereocenters. The Labute approximate surface area is 186 Å². The fourth-order valence-electron chi connectivity index (χ4n) is 3.33. The Balaban J connectivity index is 1.70. The van der Waals surface area contributed by atoms with Crippen molar-refractivity contribution in [2.24, 2.45) is 5.92 Å². The number of benzene rings is 1. The number of nitrogens with zero attached hydrogens (tertiary/aromatic N) is 4. The number of hydrogen-bond donors (Lipinski definition) is 0. The summed E-state index contributed by atoms with van der Waals surface area (Å²) in [4.78, 5) is 32.4. The van der Waals surface area contributed by atoms with Crippen LogP contribution in [0.1, 0.15) is 23.5 Å². The third kappa shape index (κ3) is 4.12. The van der Waals surface area contributed by atoms with E-state index in [4.69, 9.17) is 37.4 Å². The number of carbonyl (C=O) groups excluding carboxylic acids is 2. The fourth-order valence-corrected chi connectivity index (χ4v) is 3.75. The standard InChI is InChI=1S/C20H16Cl2N4O5/c1-3-12-14(29-10(2)27)17(26-16-13(9-23-26)15(21)24-20(22)25-16)30-19(12)31-18(28)11-7-5-4-6-8-11/h3-9,12,14,17,19H,1H2,2H3/t12?,14-,17?,19+/m1/s1. The van der Waals surface area contributed by atoms with Crippen molar-refractivity contribution in [1.82, 2.24) is 19.7 Å². The molecule has 31 heavy (non-hydrogen) atoms. The molecular weight excluding hydrogens is 447 g/mol. The summed E-state index contributed by atoms with van der Waals surface area (Å²) in [5.41, 5.74) is 0.613. The minimum atomic E-state index is -1.09. The van der Waals surface area contributed by atoms with Gasteiger partial charge in [0.15, 0.2) is 18.0 Å². The lowest BCUT2D eigenvalue weighted by atomic mass is 10.0. The van der Waals surface area contributed by atoms with Gasteiger partial charge in [-0.25, -0.2) is 14.5 Å². The molecule has 2 aromatic heterocycles. The minimum Gasteiger partial charge on any atom is -0.457 e. The highest BCUT2D eigenvalue weighted by Crippen LogP contribution is 2.39. The van der Waals surface area contributed by atoms with E-state index < -0.39 is 36.5 Å². The molecule has 4 rings (SSSR count). The van der Waals surface area contributed by atoms with Gasteiger partial charge >= 0.3 is 11.9 Å². The first kappa shape index (κ1) is 21.2. The third-order valence-corrected chi connectivity index (χ3v) is 5.13. The topological polar surface area (TPSA) is 105 Å². The van der Waals surface area contributed by atoms with Gasteiger partial charge in [-0.2, -0.15) is 10.1 Å². The molecule has 0 bridgehead atoms.